The van der Waals surface area contributed by atoms with Crippen LogP contribution in [0.1, 0.15) is 22.3 Å². The minimum Gasteiger partial charge on any atom is -0.445 e. The highest BCUT2D eigenvalue weighted by Gasteiger charge is 2.20. The van der Waals surface area contributed by atoms with Gasteiger partial charge in [0, 0.05) is 27.2 Å². The van der Waals surface area contributed by atoms with E-state index in [0.717, 1.165) is 22.1 Å². The Morgan fingerprint density at radius 1 is 1.15 bits per heavy atom. The van der Waals surface area contributed by atoms with E-state index in [0.29, 0.717) is 28.6 Å². The van der Waals surface area contributed by atoms with Gasteiger partial charge in [-0.2, -0.15) is 0 Å². The van der Waals surface area contributed by atoms with E-state index >= 15 is 0 Å². The van der Waals surface area contributed by atoms with Crippen LogP contribution in [0.15, 0.2) is 51.7 Å². The zero-order valence-corrected chi connectivity index (χ0v) is 21.3. The second-order valence-electron chi connectivity index (χ2n) is 7.46. The van der Waals surface area contributed by atoms with Crippen LogP contribution in [0.25, 0.3) is 11.0 Å². The first-order chi connectivity index (χ1) is 15.8. The third-order valence-corrected chi connectivity index (χ3v) is 7.21. The van der Waals surface area contributed by atoms with Gasteiger partial charge in [0.2, 0.25) is 0 Å². The first-order valence-electron chi connectivity index (χ1n) is 10.2. The zero-order valence-electron chi connectivity index (χ0n) is 18.2. The molecule has 0 saturated heterocycles. The summed E-state index contributed by atoms with van der Waals surface area (Å²) in [4.78, 5) is 36.4. The Hall–Kier alpha value is -2.65. The van der Waals surface area contributed by atoms with Crippen molar-refractivity contribution in [3.05, 3.63) is 75.1 Å². The summed E-state index contributed by atoms with van der Waals surface area (Å²) >= 11 is 7.02. The lowest BCUT2D eigenvalue weighted by Crippen LogP contribution is -2.32. The molecule has 3 rings (SSSR count). The molecule has 174 valence electrons. The molecule has 33 heavy (non-hydrogen) atoms. The second-order valence-corrected chi connectivity index (χ2v) is 9.40. The SMILES string of the molecule is Cc1cc(=O)oc2c(C)c(OC(=O)CNC(=O)OCc3ccccc3)c(CC(Br)CBr)cc12. The molecule has 0 saturated carbocycles. The topological polar surface area (TPSA) is 94.8 Å². The van der Waals surface area contributed by atoms with Crippen LogP contribution in [0, 0.1) is 13.8 Å². The summed E-state index contributed by atoms with van der Waals surface area (Å²) in [6.45, 7) is 3.27. The molecule has 7 nitrogen and oxygen atoms in total. The van der Waals surface area contributed by atoms with Crippen LogP contribution in [0.2, 0.25) is 0 Å². The van der Waals surface area contributed by atoms with Gasteiger partial charge in [0.15, 0.2) is 0 Å². The molecule has 1 heterocycles. The molecule has 1 aromatic heterocycles. The van der Waals surface area contributed by atoms with E-state index in [-0.39, 0.29) is 18.0 Å². The monoisotopic (exact) mass is 579 g/mol. The largest absolute Gasteiger partial charge is 0.445 e. The van der Waals surface area contributed by atoms with Crippen molar-refractivity contribution in [2.45, 2.75) is 31.7 Å². The van der Waals surface area contributed by atoms with Crippen LogP contribution in [0.3, 0.4) is 0 Å². The van der Waals surface area contributed by atoms with Crippen LogP contribution in [-0.2, 0) is 22.6 Å². The van der Waals surface area contributed by atoms with E-state index in [9.17, 15) is 14.4 Å². The van der Waals surface area contributed by atoms with Crippen LogP contribution < -0.4 is 15.7 Å². The van der Waals surface area contributed by atoms with Gasteiger partial charge in [-0.15, -0.1) is 0 Å². The van der Waals surface area contributed by atoms with Gasteiger partial charge in [-0.1, -0.05) is 62.2 Å². The summed E-state index contributed by atoms with van der Waals surface area (Å²) in [6, 6.07) is 12.5. The van der Waals surface area contributed by atoms with E-state index in [1.807, 2.05) is 43.3 Å². The van der Waals surface area contributed by atoms with E-state index in [1.54, 1.807) is 6.92 Å². The number of halogens is 2. The Kier molecular flexibility index (Phi) is 8.68. The number of benzene rings is 2. The van der Waals surface area contributed by atoms with Crippen LogP contribution in [0.4, 0.5) is 4.79 Å². The minimum absolute atomic E-state index is 0.0905. The summed E-state index contributed by atoms with van der Waals surface area (Å²) in [7, 11) is 0. The lowest BCUT2D eigenvalue weighted by Gasteiger charge is -2.17. The molecule has 0 bridgehead atoms. The van der Waals surface area contributed by atoms with Gasteiger partial charge in [-0.3, -0.25) is 0 Å². The molecule has 0 spiro atoms. The average Bonchev–Trinajstić information content (AvgIpc) is 2.80. The number of amides is 1. The van der Waals surface area contributed by atoms with Crippen LogP contribution in [-0.4, -0.2) is 28.8 Å². The van der Waals surface area contributed by atoms with Crippen molar-refractivity contribution in [3.8, 4) is 5.75 Å². The number of alkyl halides is 2. The number of rotatable bonds is 8. The Labute approximate surface area is 207 Å². The number of carbonyl (C=O) groups is 2. The molecule has 1 amide bonds. The Bertz CT molecular complexity index is 1210. The predicted molar refractivity (Wildman–Crippen MR) is 132 cm³/mol. The van der Waals surface area contributed by atoms with Gasteiger partial charge in [-0.05, 0) is 43.0 Å². The molecular weight excluding hydrogens is 558 g/mol. The van der Waals surface area contributed by atoms with Crippen LogP contribution >= 0.6 is 31.9 Å². The van der Waals surface area contributed by atoms with Gasteiger partial charge in [0.25, 0.3) is 0 Å². The molecule has 2 aromatic carbocycles. The highest BCUT2D eigenvalue weighted by Crippen LogP contribution is 2.34. The van der Waals surface area contributed by atoms with Crippen molar-refractivity contribution in [1.82, 2.24) is 5.32 Å². The van der Waals surface area contributed by atoms with E-state index < -0.39 is 17.7 Å². The van der Waals surface area contributed by atoms with Crippen LogP contribution in [0.5, 0.6) is 5.75 Å². The first-order valence-corrected chi connectivity index (χ1v) is 12.2. The molecule has 1 N–H and O–H groups in total. The zero-order chi connectivity index (χ0) is 24.0. The Morgan fingerprint density at radius 3 is 2.58 bits per heavy atom. The fourth-order valence-electron chi connectivity index (χ4n) is 3.32. The first kappa shape index (κ1) is 25.0. The number of aryl methyl sites for hydroxylation is 2. The standard InChI is InChI=1S/C24H23Br2NO6/c1-14-8-20(28)32-23-15(2)22(17(10-19(14)23)9-18(26)11-25)33-21(29)12-27-24(30)31-13-16-6-4-3-5-7-16/h3-8,10,18H,9,11-13H2,1-2H3,(H,27,30). The number of nitrogens with one attached hydrogen (secondary N) is 1. The molecule has 1 atom stereocenters. The Morgan fingerprint density at radius 2 is 1.88 bits per heavy atom. The third kappa shape index (κ3) is 6.68. The number of fused-ring (bicyclic) bond motifs is 1. The van der Waals surface area contributed by atoms with Crippen molar-refractivity contribution in [2.75, 3.05) is 11.9 Å². The van der Waals surface area contributed by atoms with Gasteiger partial charge < -0.3 is 19.2 Å². The van der Waals surface area contributed by atoms with E-state index in [4.69, 9.17) is 13.9 Å². The minimum atomic E-state index is -0.729. The van der Waals surface area contributed by atoms with Crippen molar-refractivity contribution in [3.63, 3.8) is 0 Å². The molecule has 0 aliphatic carbocycles. The van der Waals surface area contributed by atoms with Crippen molar-refractivity contribution in [2.24, 2.45) is 0 Å². The summed E-state index contributed by atoms with van der Waals surface area (Å²) in [5.41, 5.74) is 2.81. The van der Waals surface area contributed by atoms with E-state index in [1.165, 1.54) is 6.07 Å². The molecule has 0 aliphatic heterocycles. The third-order valence-electron chi connectivity index (χ3n) is 4.91. The number of hydrogen-bond acceptors (Lipinski definition) is 6. The molecule has 3 aromatic rings. The predicted octanol–water partition coefficient (Wildman–Crippen LogP) is 4.94. The molecule has 0 fully saturated rings. The lowest BCUT2D eigenvalue weighted by molar-refractivity contribution is -0.133. The van der Waals surface area contributed by atoms with Gasteiger partial charge in [0.05, 0.1) is 0 Å². The maximum absolute atomic E-state index is 12.5. The molecule has 1 unspecified atom stereocenters. The summed E-state index contributed by atoms with van der Waals surface area (Å²) in [5.74, 6) is -0.360. The number of hydrogen-bond donors (Lipinski definition) is 1. The normalized spacial score (nSPS) is 11.8. The molecular formula is C24H23Br2NO6. The maximum atomic E-state index is 12.5. The fraction of sp³-hybridized carbons (Fsp3) is 0.292. The van der Waals surface area contributed by atoms with Gasteiger partial charge in [0.1, 0.15) is 24.5 Å². The smallest absolute Gasteiger partial charge is 0.407 e. The average molecular weight is 581 g/mol. The van der Waals surface area contributed by atoms with Gasteiger partial charge in [-0.25, -0.2) is 14.4 Å². The maximum Gasteiger partial charge on any atom is 0.407 e. The summed E-state index contributed by atoms with van der Waals surface area (Å²) < 4.78 is 16.1. The van der Waals surface area contributed by atoms with Gasteiger partial charge >= 0.3 is 17.7 Å². The second kappa shape index (κ2) is 11.5. The number of esters is 1. The lowest BCUT2D eigenvalue weighted by atomic mass is 9.99. The van der Waals surface area contributed by atoms with Crippen molar-refractivity contribution < 1.29 is 23.5 Å². The highest BCUT2D eigenvalue weighted by atomic mass is 79.9. The highest BCUT2D eigenvalue weighted by molar-refractivity contribution is 9.12. The number of carbonyl (C=O) groups excluding carboxylic acids is 2. The fourth-order valence-corrected chi connectivity index (χ4v) is 3.89. The van der Waals surface area contributed by atoms with Crippen molar-refractivity contribution in [1.29, 1.82) is 0 Å². The van der Waals surface area contributed by atoms with E-state index in [2.05, 4.69) is 37.2 Å². The number of alkyl carbamates (subject to hydrolysis) is 1. The summed E-state index contributed by atoms with van der Waals surface area (Å²) in [5, 5.41) is 3.86. The molecule has 0 aliphatic rings. The molecule has 0 radical (unpaired) electrons. The number of ether oxygens (including phenoxy) is 2. The summed E-state index contributed by atoms with van der Waals surface area (Å²) in [6.07, 6.45) is -0.164. The quantitative estimate of drug-likeness (QED) is 0.175. The van der Waals surface area contributed by atoms with Crippen molar-refractivity contribution >= 4 is 54.9 Å². The Balaban J connectivity index is 1.75. The molecule has 9 heteroatoms.